The summed E-state index contributed by atoms with van der Waals surface area (Å²) in [5.74, 6) is -7.04. The molecule has 2 aromatic rings. The smallest absolute Gasteiger partial charge is 0.245 e. The first-order valence-electron chi connectivity index (χ1n) is 24.7. The van der Waals surface area contributed by atoms with Crippen LogP contribution in [0.5, 0.6) is 0 Å². The van der Waals surface area contributed by atoms with Crippen LogP contribution >= 0.6 is 11.8 Å². The number of hydrogen-bond donors (Lipinski definition) is 13. The van der Waals surface area contributed by atoms with Gasteiger partial charge >= 0.3 is 0 Å². The van der Waals surface area contributed by atoms with Crippen molar-refractivity contribution in [1.29, 1.82) is 5.41 Å². The van der Waals surface area contributed by atoms with Gasteiger partial charge in [0.1, 0.15) is 42.3 Å². The highest BCUT2D eigenvalue weighted by Gasteiger charge is 2.39. The first kappa shape index (κ1) is 62.2. The number of aliphatic hydroxyl groups excluding tert-OH is 2. The zero-order valence-corrected chi connectivity index (χ0v) is 44.1. The summed E-state index contributed by atoms with van der Waals surface area (Å²) in [6.07, 6.45) is 0.147. The van der Waals surface area contributed by atoms with Gasteiger partial charge < -0.3 is 68.7 Å². The summed E-state index contributed by atoms with van der Waals surface area (Å²) in [5.41, 5.74) is 6.81. The lowest BCUT2D eigenvalue weighted by Gasteiger charge is -2.30. The minimum atomic E-state index is -1.67. The molecular weight excluding hydrogens is 993 g/mol. The Balaban J connectivity index is 1.72. The molecule has 0 saturated carbocycles. The number of ketones is 1. The fraction of sp³-hybridized carbons (Fsp3) is 0.540. The van der Waals surface area contributed by atoms with Crippen LogP contribution in [0.3, 0.4) is 0 Å². The van der Waals surface area contributed by atoms with E-state index in [1.807, 2.05) is 18.2 Å². The minimum absolute atomic E-state index is 0.0786. The summed E-state index contributed by atoms with van der Waals surface area (Å²) in [6, 6.07) is 7.57. The number of Topliss-reactive ketones (excluding diaryl/α,β-unsaturated/α-hetero) is 1. The molecule has 1 aliphatic rings. The summed E-state index contributed by atoms with van der Waals surface area (Å²) in [7, 11) is 0. The lowest BCUT2D eigenvalue weighted by Crippen LogP contribution is -2.61. The average molecular weight is 1070 g/mol. The summed E-state index contributed by atoms with van der Waals surface area (Å²) in [5, 5.41) is 51.3. The molecule has 75 heavy (non-hydrogen) atoms. The highest BCUT2D eigenvalue weighted by atomic mass is 32.2. The maximum absolute atomic E-state index is 14.0. The summed E-state index contributed by atoms with van der Waals surface area (Å²) in [6.45, 7) is 6.05. The third-order valence-electron chi connectivity index (χ3n) is 12.1. The Labute approximate surface area is 440 Å². The Morgan fingerprint density at radius 1 is 0.667 bits per heavy atom. The largest absolute Gasteiger partial charge is 0.391 e. The van der Waals surface area contributed by atoms with Crippen molar-refractivity contribution < 1.29 is 58.2 Å². The summed E-state index contributed by atoms with van der Waals surface area (Å²) >= 11 is 1.38. The molecule has 3 rings (SSSR count). The van der Waals surface area contributed by atoms with Crippen LogP contribution in [0.25, 0.3) is 0 Å². The molecule has 0 unspecified atom stereocenters. The quantitative estimate of drug-likeness (QED) is 0.0216. The molecule has 1 heterocycles. The fourth-order valence-corrected chi connectivity index (χ4v) is 8.52. The van der Waals surface area contributed by atoms with Gasteiger partial charge in [-0.1, -0.05) is 60.7 Å². The lowest BCUT2D eigenvalue weighted by molar-refractivity contribution is -0.142. The summed E-state index contributed by atoms with van der Waals surface area (Å²) in [4.78, 5) is 135. The number of nitrogens with one attached hydrogen (secondary N) is 10. The number of thioether (sulfide) groups is 1. The monoisotopic (exact) mass is 1070 g/mol. The van der Waals surface area contributed by atoms with Crippen molar-refractivity contribution in [2.45, 2.75) is 140 Å². The highest BCUT2D eigenvalue weighted by Crippen LogP contribution is 2.20. The van der Waals surface area contributed by atoms with Gasteiger partial charge in [-0.2, -0.15) is 11.8 Å². The molecule has 14 N–H and O–H groups in total. The molecule has 0 aromatic heterocycles. The fourth-order valence-electron chi connectivity index (χ4n) is 8.05. The van der Waals surface area contributed by atoms with Crippen LogP contribution in [0.15, 0.2) is 60.7 Å². The Bertz CT molecular complexity index is 2290. The number of aliphatic hydroxyl groups is 2. The number of carbonyl (C=O) groups is 10. The topological polar surface area (TPSA) is 373 Å². The van der Waals surface area contributed by atoms with Crippen molar-refractivity contribution >= 4 is 76.7 Å². The Hall–Kier alpha value is -7.12. The molecule has 0 bridgehead atoms. The number of hydrogen-bond acceptors (Lipinski definition) is 14. The molecule has 10 atom stereocenters. The molecule has 9 amide bonds. The SMILES string of the molecule is CSCC[C@H](NC(=O)[C@@H](NC(C)=O)[C@@H](C)O)C(=O)NCC(=O)N[C@@H](Cc1ccccc1)C(=O)N[C@H](C(=O)N[C@@H](C)C(=O)N1CCC[C@H]1C(=O)N[C@@H](CCCNC(=N)N)C(=O)N[C@@H](Cc1ccccc1)C(C)=O)[C@@H](C)O. The van der Waals surface area contributed by atoms with Gasteiger partial charge in [0, 0.05) is 26.4 Å². The van der Waals surface area contributed by atoms with Crippen molar-refractivity contribution in [3.63, 3.8) is 0 Å². The average Bonchev–Trinajstić information content (AvgIpc) is 3.86. The van der Waals surface area contributed by atoms with Gasteiger partial charge in [-0.3, -0.25) is 53.4 Å². The van der Waals surface area contributed by atoms with Crippen molar-refractivity contribution in [3.05, 3.63) is 71.8 Å². The van der Waals surface area contributed by atoms with Crippen molar-refractivity contribution in [2.24, 2.45) is 5.73 Å². The third-order valence-corrected chi connectivity index (χ3v) is 12.7. The van der Waals surface area contributed by atoms with E-state index in [0.29, 0.717) is 17.7 Å². The normalized spacial score (nSPS) is 16.6. The van der Waals surface area contributed by atoms with Crippen LogP contribution in [-0.4, -0.2) is 172 Å². The van der Waals surface area contributed by atoms with E-state index in [1.165, 1.54) is 44.4 Å². The molecular formula is C50H74N12O12S. The molecule has 0 radical (unpaired) electrons. The molecule has 412 valence electrons. The van der Waals surface area contributed by atoms with Crippen LogP contribution < -0.4 is 53.6 Å². The van der Waals surface area contributed by atoms with E-state index < -0.39 is 120 Å². The second-order valence-corrected chi connectivity index (χ2v) is 19.3. The minimum Gasteiger partial charge on any atom is -0.391 e. The molecule has 0 aliphatic carbocycles. The zero-order chi connectivity index (χ0) is 55.8. The second kappa shape index (κ2) is 31.6. The van der Waals surface area contributed by atoms with E-state index in [2.05, 4.69) is 47.9 Å². The number of nitrogens with zero attached hydrogens (tertiary/aromatic N) is 1. The van der Waals surface area contributed by atoms with Gasteiger partial charge in [-0.25, -0.2) is 0 Å². The van der Waals surface area contributed by atoms with E-state index in [4.69, 9.17) is 11.1 Å². The van der Waals surface area contributed by atoms with Crippen molar-refractivity contribution in [1.82, 2.24) is 52.8 Å². The predicted octanol–water partition coefficient (Wildman–Crippen LogP) is -2.62. The second-order valence-electron chi connectivity index (χ2n) is 18.3. The maximum Gasteiger partial charge on any atom is 0.245 e. The predicted molar refractivity (Wildman–Crippen MR) is 279 cm³/mol. The number of rotatable bonds is 30. The number of likely N-dealkylation sites (tertiary alicyclic amines) is 1. The first-order chi connectivity index (χ1) is 35.5. The van der Waals surface area contributed by atoms with Crippen LogP contribution in [0, 0.1) is 5.41 Å². The van der Waals surface area contributed by atoms with E-state index in [1.54, 1.807) is 48.7 Å². The number of benzene rings is 2. The van der Waals surface area contributed by atoms with Gasteiger partial charge in [0.15, 0.2) is 11.7 Å². The van der Waals surface area contributed by atoms with E-state index in [-0.39, 0.29) is 63.4 Å². The number of guanidine groups is 1. The summed E-state index contributed by atoms with van der Waals surface area (Å²) < 4.78 is 0. The molecule has 0 spiro atoms. The molecule has 25 heteroatoms. The number of amides is 9. The Morgan fingerprint density at radius 2 is 1.20 bits per heavy atom. The van der Waals surface area contributed by atoms with E-state index >= 15 is 0 Å². The van der Waals surface area contributed by atoms with Crippen LogP contribution in [-0.2, 0) is 60.8 Å². The van der Waals surface area contributed by atoms with Crippen LogP contribution in [0.4, 0.5) is 0 Å². The van der Waals surface area contributed by atoms with Gasteiger partial charge in [-0.05, 0) is 89.4 Å². The maximum atomic E-state index is 14.0. The van der Waals surface area contributed by atoms with Crippen molar-refractivity contribution in [3.8, 4) is 0 Å². The molecule has 1 fully saturated rings. The molecule has 2 aromatic carbocycles. The van der Waals surface area contributed by atoms with E-state index in [0.717, 1.165) is 12.5 Å². The molecule has 1 saturated heterocycles. The number of carbonyl (C=O) groups excluding carboxylic acids is 10. The zero-order valence-electron chi connectivity index (χ0n) is 43.2. The third kappa shape index (κ3) is 21.3. The Morgan fingerprint density at radius 3 is 1.75 bits per heavy atom. The Kier molecular flexibility index (Phi) is 26.2. The van der Waals surface area contributed by atoms with Crippen LogP contribution in [0.1, 0.15) is 77.8 Å². The van der Waals surface area contributed by atoms with Crippen molar-refractivity contribution in [2.75, 3.05) is 31.6 Å². The lowest BCUT2D eigenvalue weighted by atomic mass is 10.0. The van der Waals surface area contributed by atoms with Gasteiger partial charge in [0.2, 0.25) is 53.2 Å². The standard InChI is InChI=1S/C50H74N12O12S/c1-28(49(74)62-23-14-20-39(62)46(71)58-35(19-13-22-53-50(51)52)44(69)60-37(29(2)63)25-33-15-9-7-10-16-33)55-47(72)42(31(4)65)61-45(70)38(26-34-17-11-8-12-18-34)57-40(67)27-54-43(68)36(21-24-75-6)59-48(73)41(30(3)64)56-32(5)66/h7-12,15-18,28,30-31,35-39,41-42,64-65H,13-14,19-27H2,1-6H3,(H,54,68)(H,55,72)(H,56,66)(H,57,67)(H,58,71)(H,59,73)(H,60,69)(H,61,70)(H4,51,52,53)/t28-,30+,31+,35-,36-,37-,38-,39-,41-,42-/m0/s1. The molecule has 24 nitrogen and oxygen atoms in total. The van der Waals surface area contributed by atoms with Crippen LogP contribution in [0.2, 0.25) is 0 Å². The van der Waals surface area contributed by atoms with Gasteiger partial charge in [-0.15, -0.1) is 0 Å². The number of nitrogens with two attached hydrogens (primary N) is 1. The van der Waals surface area contributed by atoms with Gasteiger partial charge in [0.25, 0.3) is 0 Å². The van der Waals surface area contributed by atoms with Gasteiger partial charge in [0.05, 0.1) is 24.8 Å². The van der Waals surface area contributed by atoms with E-state index in [9.17, 15) is 58.2 Å². The molecule has 1 aliphatic heterocycles. The highest BCUT2D eigenvalue weighted by molar-refractivity contribution is 7.98. The first-order valence-corrected chi connectivity index (χ1v) is 26.1.